The Labute approximate surface area is 330 Å². The van der Waals surface area contributed by atoms with E-state index in [1.807, 2.05) is 0 Å². The summed E-state index contributed by atoms with van der Waals surface area (Å²) in [6.07, 6.45) is 0. The molecule has 9 aromatic rings. The van der Waals surface area contributed by atoms with Gasteiger partial charge in [0.1, 0.15) is 0 Å². The number of anilines is 3. The molecule has 1 heteroatoms. The molecule has 0 saturated carbocycles. The molecule has 0 aromatic heterocycles. The maximum Gasteiger partial charge on any atom is 0.0546 e. The SMILES string of the molecule is CC(C)(C)c1ccc(N(c2ccc3c(c2)C(C)(C)c2cc4ccccc4cc2-3)c2ccc3ccccc3c2-c2cccc3ccccc23)c(-c2ccccc2)c1. The Morgan fingerprint density at radius 2 is 1.02 bits per heavy atom. The van der Waals surface area contributed by atoms with Crippen molar-refractivity contribution in [2.75, 3.05) is 4.90 Å². The Hall–Kier alpha value is -6.44. The predicted octanol–water partition coefficient (Wildman–Crippen LogP) is 15.6. The van der Waals surface area contributed by atoms with E-state index in [9.17, 15) is 0 Å². The Morgan fingerprint density at radius 1 is 0.411 bits per heavy atom. The molecular weight excluding hydrogens is 675 g/mol. The summed E-state index contributed by atoms with van der Waals surface area (Å²) < 4.78 is 0. The molecule has 1 aliphatic rings. The van der Waals surface area contributed by atoms with Gasteiger partial charge in [-0.1, -0.05) is 174 Å². The van der Waals surface area contributed by atoms with Gasteiger partial charge in [-0.3, -0.25) is 0 Å². The van der Waals surface area contributed by atoms with Crippen molar-refractivity contribution in [3.63, 3.8) is 0 Å². The molecule has 10 rings (SSSR count). The number of rotatable bonds is 5. The second kappa shape index (κ2) is 12.8. The molecule has 0 N–H and O–H groups in total. The van der Waals surface area contributed by atoms with Crippen molar-refractivity contribution in [2.24, 2.45) is 0 Å². The first-order valence-electron chi connectivity index (χ1n) is 19.8. The Kier molecular flexibility index (Phi) is 7.80. The highest BCUT2D eigenvalue weighted by Crippen LogP contribution is 2.54. The van der Waals surface area contributed by atoms with Crippen LogP contribution in [0.4, 0.5) is 17.1 Å². The molecule has 0 fully saturated rings. The van der Waals surface area contributed by atoms with Crippen molar-refractivity contribution >= 4 is 49.4 Å². The average molecular weight is 720 g/mol. The van der Waals surface area contributed by atoms with Crippen LogP contribution in [0, 0.1) is 0 Å². The van der Waals surface area contributed by atoms with Crippen molar-refractivity contribution in [1.29, 1.82) is 0 Å². The molecule has 0 amide bonds. The van der Waals surface area contributed by atoms with E-state index in [0.29, 0.717) is 0 Å². The Bertz CT molecular complexity index is 2970. The molecular formula is C55H45N. The largest absolute Gasteiger partial charge is 0.309 e. The summed E-state index contributed by atoms with van der Waals surface area (Å²) in [7, 11) is 0. The summed E-state index contributed by atoms with van der Waals surface area (Å²) in [5.41, 5.74) is 14.8. The summed E-state index contributed by atoms with van der Waals surface area (Å²) in [6.45, 7) is 11.7. The molecule has 0 unspecified atom stereocenters. The van der Waals surface area contributed by atoms with E-state index in [-0.39, 0.29) is 10.8 Å². The minimum Gasteiger partial charge on any atom is -0.309 e. The van der Waals surface area contributed by atoms with Crippen molar-refractivity contribution in [1.82, 2.24) is 0 Å². The number of fused-ring (bicyclic) bond motifs is 6. The van der Waals surface area contributed by atoms with Crippen LogP contribution in [0.25, 0.3) is 65.7 Å². The lowest BCUT2D eigenvalue weighted by atomic mass is 9.81. The van der Waals surface area contributed by atoms with Gasteiger partial charge in [0.2, 0.25) is 0 Å². The second-order valence-electron chi connectivity index (χ2n) is 17.0. The fraction of sp³-hybridized carbons (Fsp3) is 0.127. The van der Waals surface area contributed by atoms with Crippen molar-refractivity contribution < 1.29 is 0 Å². The third-order valence-electron chi connectivity index (χ3n) is 12.2. The van der Waals surface area contributed by atoms with E-state index in [0.717, 1.165) is 17.1 Å². The van der Waals surface area contributed by atoms with Gasteiger partial charge in [-0.25, -0.2) is 0 Å². The third kappa shape index (κ3) is 5.45. The fourth-order valence-corrected chi connectivity index (χ4v) is 9.18. The molecule has 0 saturated heterocycles. The molecule has 0 heterocycles. The molecule has 0 radical (unpaired) electrons. The van der Waals surface area contributed by atoms with Gasteiger partial charge in [0.15, 0.2) is 0 Å². The van der Waals surface area contributed by atoms with Crippen LogP contribution >= 0.6 is 0 Å². The topological polar surface area (TPSA) is 3.24 Å². The second-order valence-corrected chi connectivity index (χ2v) is 17.0. The van der Waals surface area contributed by atoms with E-state index < -0.39 is 0 Å². The lowest BCUT2D eigenvalue weighted by molar-refractivity contribution is 0.590. The van der Waals surface area contributed by atoms with Gasteiger partial charge in [-0.2, -0.15) is 0 Å². The highest BCUT2D eigenvalue weighted by Gasteiger charge is 2.37. The van der Waals surface area contributed by atoms with E-state index in [2.05, 4.69) is 222 Å². The van der Waals surface area contributed by atoms with E-state index >= 15 is 0 Å². The van der Waals surface area contributed by atoms with Crippen LogP contribution in [0.15, 0.2) is 182 Å². The van der Waals surface area contributed by atoms with E-state index in [1.54, 1.807) is 0 Å². The van der Waals surface area contributed by atoms with Crippen LogP contribution < -0.4 is 4.90 Å². The first kappa shape index (κ1) is 34.1. The molecule has 0 atom stereocenters. The standard InChI is InChI=1S/C55H45N/c1-54(2,3)41-27-31-51(47(34-41)37-16-7-6-8-17-37)56(42-28-29-45-48-32-39-20-9-10-21-40(39)33-49(48)55(4,5)50(45)35-42)52-30-26-38-19-12-14-24-44(38)53(52)46-25-15-22-36-18-11-13-23-43(36)46/h6-35H,1-5H3. The van der Waals surface area contributed by atoms with Gasteiger partial charge in [0, 0.05) is 22.2 Å². The monoisotopic (exact) mass is 719 g/mol. The number of nitrogens with zero attached hydrogens (tertiary/aromatic N) is 1. The average Bonchev–Trinajstić information content (AvgIpc) is 3.44. The van der Waals surface area contributed by atoms with Crippen LogP contribution in [-0.4, -0.2) is 0 Å². The lowest BCUT2D eigenvalue weighted by Gasteiger charge is -2.33. The normalized spacial score (nSPS) is 13.2. The van der Waals surface area contributed by atoms with Crippen LogP contribution in [-0.2, 0) is 10.8 Å². The Morgan fingerprint density at radius 3 is 1.77 bits per heavy atom. The van der Waals surface area contributed by atoms with Gasteiger partial charge >= 0.3 is 0 Å². The van der Waals surface area contributed by atoms with Gasteiger partial charge in [-0.05, 0) is 119 Å². The van der Waals surface area contributed by atoms with Crippen molar-refractivity contribution in [3.05, 3.63) is 199 Å². The number of benzene rings is 9. The number of hydrogen-bond donors (Lipinski definition) is 0. The highest BCUT2D eigenvalue weighted by atomic mass is 15.1. The van der Waals surface area contributed by atoms with Gasteiger partial charge in [-0.15, -0.1) is 0 Å². The van der Waals surface area contributed by atoms with Gasteiger partial charge < -0.3 is 4.90 Å². The van der Waals surface area contributed by atoms with Crippen molar-refractivity contribution in [2.45, 2.75) is 45.4 Å². The molecule has 0 spiro atoms. The Balaban J connectivity index is 1.30. The maximum absolute atomic E-state index is 2.55. The van der Waals surface area contributed by atoms with E-state index in [4.69, 9.17) is 0 Å². The predicted molar refractivity (Wildman–Crippen MR) is 241 cm³/mol. The summed E-state index contributed by atoms with van der Waals surface area (Å²) in [6, 6.07) is 67.9. The van der Waals surface area contributed by atoms with Crippen molar-refractivity contribution in [3.8, 4) is 33.4 Å². The smallest absolute Gasteiger partial charge is 0.0546 e. The molecule has 1 aliphatic carbocycles. The van der Waals surface area contributed by atoms with Gasteiger partial charge in [0.25, 0.3) is 0 Å². The van der Waals surface area contributed by atoms with Crippen LogP contribution in [0.1, 0.15) is 51.3 Å². The van der Waals surface area contributed by atoms with Crippen LogP contribution in [0.3, 0.4) is 0 Å². The number of hydrogen-bond acceptors (Lipinski definition) is 1. The van der Waals surface area contributed by atoms with E-state index in [1.165, 1.54) is 82.4 Å². The zero-order valence-electron chi connectivity index (χ0n) is 32.8. The summed E-state index contributed by atoms with van der Waals surface area (Å²) >= 11 is 0. The minimum absolute atomic E-state index is 0.0170. The quantitative estimate of drug-likeness (QED) is 0.171. The summed E-state index contributed by atoms with van der Waals surface area (Å²) in [5.74, 6) is 0. The zero-order valence-corrected chi connectivity index (χ0v) is 32.8. The highest BCUT2D eigenvalue weighted by molar-refractivity contribution is 6.12. The molecule has 0 aliphatic heterocycles. The molecule has 0 bridgehead atoms. The van der Waals surface area contributed by atoms with Crippen LogP contribution in [0.5, 0.6) is 0 Å². The van der Waals surface area contributed by atoms with Crippen LogP contribution in [0.2, 0.25) is 0 Å². The summed E-state index contributed by atoms with van der Waals surface area (Å²) in [5, 5.41) is 7.51. The zero-order chi connectivity index (χ0) is 38.2. The summed E-state index contributed by atoms with van der Waals surface area (Å²) in [4.78, 5) is 2.55. The van der Waals surface area contributed by atoms with Gasteiger partial charge in [0.05, 0.1) is 11.4 Å². The molecule has 270 valence electrons. The molecule has 56 heavy (non-hydrogen) atoms. The lowest BCUT2D eigenvalue weighted by Crippen LogP contribution is -2.18. The first-order chi connectivity index (χ1) is 27.2. The molecule has 1 nitrogen and oxygen atoms in total. The minimum atomic E-state index is -0.184. The fourth-order valence-electron chi connectivity index (χ4n) is 9.18. The third-order valence-corrected chi connectivity index (χ3v) is 12.2. The first-order valence-corrected chi connectivity index (χ1v) is 19.8. The molecule has 9 aromatic carbocycles. The maximum atomic E-state index is 2.55.